The van der Waals surface area contributed by atoms with Crippen LogP contribution in [0.5, 0.6) is 0 Å². The maximum atomic E-state index is 13.3. The number of aryl methyl sites for hydroxylation is 2. The number of aromatic nitrogens is 2. The summed E-state index contributed by atoms with van der Waals surface area (Å²) in [5.41, 5.74) is 3.48. The Labute approximate surface area is 176 Å². The fraction of sp³-hybridized carbons (Fsp3) is 0.458. The van der Waals surface area contributed by atoms with Crippen LogP contribution in [0.15, 0.2) is 30.3 Å². The summed E-state index contributed by atoms with van der Waals surface area (Å²) in [5.74, 6) is 2.34. The van der Waals surface area contributed by atoms with Crippen molar-refractivity contribution < 1.29 is 4.79 Å². The van der Waals surface area contributed by atoms with Gasteiger partial charge in [0, 0.05) is 24.4 Å². The summed E-state index contributed by atoms with van der Waals surface area (Å²) in [4.78, 5) is 26.7. The average Bonchev–Trinajstić information content (AvgIpc) is 3.53. The zero-order chi connectivity index (χ0) is 20.0. The number of nitrogens with zero attached hydrogens (tertiary/aromatic N) is 3. The van der Waals surface area contributed by atoms with E-state index in [4.69, 9.17) is 9.97 Å². The van der Waals surface area contributed by atoms with Gasteiger partial charge in [-0.3, -0.25) is 4.79 Å². The first-order valence-electron chi connectivity index (χ1n) is 10.7. The smallest absolute Gasteiger partial charge is 0.264 e. The maximum absolute atomic E-state index is 13.3. The largest absolute Gasteiger partial charge is 0.338 e. The van der Waals surface area contributed by atoms with Gasteiger partial charge in [0.1, 0.15) is 10.7 Å². The van der Waals surface area contributed by atoms with Crippen LogP contribution in [-0.4, -0.2) is 33.9 Å². The second-order valence-corrected chi connectivity index (χ2v) is 9.60. The molecule has 0 unspecified atom stereocenters. The quantitative estimate of drug-likeness (QED) is 0.593. The lowest BCUT2D eigenvalue weighted by molar-refractivity contribution is 0.0695. The zero-order valence-corrected chi connectivity index (χ0v) is 18.0. The highest BCUT2D eigenvalue weighted by Gasteiger charge is 2.30. The molecule has 1 aliphatic heterocycles. The third-order valence-electron chi connectivity index (χ3n) is 6.39. The average molecular weight is 406 g/mol. The molecular formula is C24H27N3OS. The standard InChI is InChI=1S/C24H27N3OS/c1-15-20-16(2)25-22(19-8-9-19)26-23(20)29-21(15)24(28)27-12-10-18(11-13-27)14-17-6-4-3-5-7-17/h3-7,18-19H,8-14H2,1-2H3. The molecule has 5 heteroatoms. The summed E-state index contributed by atoms with van der Waals surface area (Å²) in [6.45, 7) is 5.81. The molecule has 3 heterocycles. The Morgan fingerprint density at radius 1 is 1.07 bits per heavy atom. The van der Waals surface area contributed by atoms with Crippen LogP contribution in [-0.2, 0) is 6.42 Å². The first-order chi connectivity index (χ1) is 14.1. The van der Waals surface area contributed by atoms with Gasteiger partial charge in [-0.1, -0.05) is 30.3 Å². The van der Waals surface area contributed by atoms with E-state index >= 15 is 0 Å². The van der Waals surface area contributed by atoms with Gasteiger partial charge < -0.3 is 4.90 Å². The van der Waals surface area contributed by atoms with Gasteiger partial charge in [-0.25, -0.2) is 9.97 Å². The van der Waals surface area contributed by atoms with Crippen molar-refractivity contribution in [3.8, 4) is 0 Å². The van der Waals surface area contributed by atoms with Gasteiger partial charge >= 0.3 is 0 Å². The summed E-state index contributed by atoms with van der Waals surface area (Å²) < 4.78 is 0. The van der Waals surface area contributed by atoms with Gasteiger partial charge in [0.25, 0.3) is 5.91 Å². The number of hydrogen-bond donors (Lipinski definition) is 0. The summed E-state index contributed by atoms with van der Waals surface area (Å²) in [6.07, 6.45) is 5.66. The van der Waals surface area contributed by atoms with Crippen LogP contribution >= 0.6 is 11.3 Å². The number of fused-ring (bicyclic) bond motifs is 1. The molecule has 0 N–H and O–H groups in total. The normalized spacial score (nSPS) is 17.8. The molecule has 3 aromatic rings. The molecule has 1 aliphatic carbocycles. The number of amides is 1. The molecule has 4 nitrogen and oxygen atoms in total. The van der Waals surface area contributed by atoms with E-state index in [1.807, 2.05) is 4.90 Å². The van der Waals surface area contributed by atoms with Crippen LogP contribution in [0.3, 0.4) is 0 Å². The molecule has 150 valence electrons. The maximum Gasteiger partial charge on any atom is 0.264 e. The predicted octanol–water partition coefficient (Wildman–Crippen LogP) is 5.28. The molecule has 0 spiro atoms. The molecule has 1 aromatic carbocycles. The van der Waals surface area contributed by atoms with Crippen molar-refractivity contribution in [3.63, 3.8) is 0 Å². The second-order valence-electron chi connectivity index (χ2n) is 8.60. The van der Waals surface area contributed by atoms with Crippen molar-refractivity contribution in [1.29, 1.82) is 0 Å². The number of rotatable bonds is 4. The topological polar surface area (TPSA) is 46.1 Å². The molecule has 29 heavy (non-hydrogen) atoms. The SMILES string of the molecule is Cc1nc(C2CC2)nc2sc(C(=O)N3CCC(Cc4ccccc4)CC3)c(C)c12. The van der Waals surface area contributed by atoms with Crippen molar-refractivity contribution in [3.05, 3.63) is 57.9 Å². The molecule has 0 bridgehead atoms. The lowest BCUT2D eigenvalue weighted by Gasteiger charge is -2.32. The Morgan fingerprint density at radius 2 is 1.79 bits per heavy atom. The van der Waals surface area contributed by atoms with Gasteiger partial charge in [0.2, 0.25) is 0 Å². The lowest BCUT2D eigenvalue weighted by atomic mass is 9.90. The van der Waals surface area contributed by atoms with Crippen molar-refractivity contribution in [2.45, 2.75) is 51.9 Å². The summed E-state index contributed by atoms with van der Waals surface area (Å²) in [6, 6.07) is 10.7. The third kappa shape index (κ3) is 3.68. The van der Waals surface area contributed by atoms with Gasteiger partial charge in [0.15, 0.2) is 0 Å². The predicted molar refractivity (Wildman–Crippen MR) is 118 cm³/mol. The van der Waals surface area contributed by atoms with Crippen LogP contribution in [0, 0.1) is 19.8 Å². The van der Waals surface area contributed by atoms with E-state index in [2.05, 4.69) is 44.2 Å². The molecule has 5 rings (SSSR count). The van der Waals surface area contributed by atoms with Gasteiger partial charge in [-0.2, -0.15) is 0 Å². The number of thiophene rings is 1. The first kappa shape index (κ1) is 18.7. The van der Waals surface area contributed by atoms with Crippen molar-refractivity contribution >= 4 is 27.5 Å². The van der Waals surface area contributed by atoms with Crippen LogP contribution in [0.1, 0.15) is 63.9 Å². The highest BCUT2D eigenvalue weighted by molar-refractivity contribution is 7.20. The van der Waals surface area contributed by atoms with Crippen LogP contribution in [0.4, 0.5) is 0 Å². The molecule has 1 amide bonds. The van der Waals surface area contributed by atoms with E-state index < -0.39 is 0 Å². The first-order valence-corrected chi connectivity index (χ1v) is 11.5. The summed E-state index contributed by atoms with van der Waals surface area (Å²) >= 11 is 1.56. The minimum Gasteiger partial charge on any atom is -0.338 e. The van der Waals surface area contributed by atoms with Gasteiger partial charge in [-0.15, -0.1) is 11.3 Å². The van der Waals surface area contributed by atoms with E-state index in [1.54, 1.807) is 11.3 Å². The lowest BCUT2D eigenvalue weighted by Crippen LogP contribution is -2.38. The van der Waals surface area contributed by atoms with E-state index in [0.717, 1.165) is 64.5 Å². The number of benzene rings is 1. The van der Waals surface area contributed by atoms with Crippen molar-refractivity contribution in [2.75, 3.05) is 13.1 Å². The number of likely N-dealkylation sites (tertiary alicyclic amines) is 1. The Kier molecular flexibility index (Phi) is 4.86. The van der Waals surface area contributed by atoms with E-state index in [0.29, 0.717) is 11.8 Å². The highest BCUT2D eigenvalue weighted by Crippen LogP contribution is 2.40. The number of carbonyl (C=O) groups excluding carboxylic acids is 1. The van der Waals surface area contributed by atoms with Crippen LogP contribution < -0.4 is 0 Å². The minimum absolute atomic E-state index is 0.177. The molecule has 0 radical (unpaired) electrons. The molecule has 1 saturated carbocycles. The second kappa shape index (κ2) is 7.52. The molecule has 1 saturated heterocycles. The fourth-order valence-electron chi connectivity index (χ4n) is 4.52. The zero-order valence-electron chi connectivity index (χ0n) is 17.1. The Bertz CT molecular complexity index is 1050. The number of carbonyl (C=O) groups is 1. The molecule has 2 aromatic heterocycles. The van der Waals surface area contributed by atoms with E-state index in [-0.39, 0.29) is 5.91 Å². The van der Waals surface area contributed by atoms with Crippen molar-refractivity contribution in [2.24, 2.45) is 5.92 Å². The van der Waals surface area contributed by atoms with Gasteiger partial charge in [0.05, 0.1) is 10.6 Å². The minimum atomic E-state index is 0.177. The van der Waals surface area contributed by atoms with E-state index in [1.165, 1.54) is 18.4 Å². The third-order valence-corrected chi connectivity index (χ3v) is 7.57. The van der Waals surface area contributed by atoms with E-state index in [9.17, 15) is 4.79 Å². The summed E-state index contributed by atoms with van der Waals surface area (Å²) in [7, 11) is 0. The summed E-state index contributed by atoms with van der Waals surface area (Å²) in [5, 5.41) is 1.08. The number of piperidine rings is 1. The Morgan fingerprint density at radius 3 is 2.48 bits per heavy atom. The van der Waals surface area contributed by atoms with Gasteiger partial charge in [-0.05, 0) is 63.0 Å². The molecule has 2 aliphatic rings. The number of hydrogen-bond acceptors (Lipinski definition) is 4. The Balaban J connectivity index is 1.31. The van der Waals surface area contributed by atoms with Crippen LogP contribution in [0.2, 0.25) is 0 Å². The molecule has 0 atom stereocenters. The fourth-order valence-corrected chi connectivity index (χ4v) is 5.73. The molecule has 2 fully saturated rings. The van der Waals surface area contributed by atoms with Crippen LogP contribution in [0.25, 0.3) is 10.2 Å². The van der Waals surface area contributed by atoms with Crippen molar-refractivity contribution in [1.82, 2.24) is 14.9 Å². The highest BCUT2D eigenvalue weighted by atomic mass is 32.1. The molecular weight excluding hydrogens is 378 g/mol. The Hall–Kier alpha value is -2.27. The monoisotopic (exact) mass is 405 g/mol.